The fraction of sp³-hybridized carbons (Fsp3) is 0.176. The predicted molar refractivity (Wildman–Crippen MR) is 93.3 cm³/mol. The van der Waals surface area contributed by atoms with E-state index in [-0.39, 0.29) is 18.0 Å². The summed E-state index contributed by atoms with van der Waals surface area (Å²) < 4.78 is 0. The first-order valence-electron chi connectivity index (χ1n) is 6.76. The third-order valence-electron chi connectivity index (χ3n) is 3.40. The highest BCUT2D eigenvalue weighted by Crippen LogP contribution is 2.23. The van der Waals surface area contributed by atoms with Gasteiger partial charge in [-0.05, 0) is 19.1 Å². The molecular formula is C17H17NO2S2. The van der Waals surface area contributed by atoms with Gasteiger partial charge in [0.2, 0.25) is 0 Å². The average molecular weight is 331 g/mol. The summed E-state index contributed by atoms with van der Waals surface area (Å²) in [5.74, 6) is -0.510. The summed E-state index contributed by atoms with van der Waals surface area (Å²) in [5.41, 5.74) is 5.71. The topological polar surface area (TPSA) is 60.2 Å². The van der Waals surface area contributed by atoms with E-state index >= 15 is 0 Å². The molecule has 0 aromatic heterocycles. The van der Waals surface area contributed by atoms with Crippen molar-refractivity contribution in [3.8, 4) is 0 Å². The van der Waals surface area contributed by atoms with Crippen molar-refractivity contribution in [3.05, 3.63) is 59.7 Å². The lowest BCUT2D eigenvalue weighted by Crippen LogP contribution is -2.46. The summed E-state index contributed by atoms with van der Waals surface area (Å²) >= 11 is 8.54. The van der Waals surface area contributed by atoms with Gasteiger partial charge in [0.15, 0.2) is 11.6 Å². The minimum atomic E-state index is -1.30. The quantitative estimate of drug-likeness (QED) is 0.581. The van der Waals surface area contributed by atoms with Crippen LogP contribution in [0.5, 0.6) is 0 Å². The molecule has 0 spiro atoms. The molecule has 3 nitrogen and oxygen atoms in total. The van der Waals surface area contributed by atoms with Crippen molar-refractivity contribution in [1.82, 2.24) is 0 Å². The van der Waals surface area contributed by atoms with E-state index in [0.717, 1.165) is 0 Å². The van der Waals surface area contributed by atoms with Gasteiger partial charge in [-0.25, -0.2) is 0 Å². The highest BCUT2D eigenvalue weighted by Gasteiger charge is 2.33. The number of hydrogen-bond donors (Lipinski definition) is 3. The Kier molecular flexibility index (Phi) is 5.11. The third-order valence-corrected chi connectivity index (χ3v) is 4.18. The second-order valence-electron chi connectivity index (χ2n) is 5.38. The number of rotatable bonds is 5. The summed E-state index contributed by atoms with van der Waals surface area (Å²) in [5, 5.41) is 0. The van der Waals surface area contributed by atoms with Gasteiger partial charge < -0.3 is 5.73 Å². The molecular weight excluding hydrogens is 314 g/mol. The zero-order chi connectivity index (χ0) is 16.3. The van der Waals surface area contributed by atoms with Crippen LogP contribution in [0.4, 0.5) is 0 Å². The van der Waals surface area contributed by atoms with E-state index in [2.05, 4.69) is 25.3 Å². The van der Waals surface area contributed by atoms with Gasteiger partial charge in [-0.1, -0.05) is 36.4 Å². The molecule has 0 aliphatic rings. The van der Waals surface area contributed by atoms with Gasteiger partial charge in [0.1, 0.15) is 0 Å². The minimum absolute atomic E-state index is 0.0917. The Bertz CT molecular complexity index is 726. The Labute approximate surface area is 140 Å². The second kappa shape index (κ2) is 6.69. The standard InChI is InChI=1S/C17H17NO2S2/c1-17(18,16(20)12-7-3-5-9-15(12)22)10-13(19)11-6-2-4-8-14(11)21/h2-9,21-22H,10,18H2,1H3. The molecule has 1 unspecified atom stereocenters. The van der Waals surface area contributed by atoms with Crippen molar-refractivity contribution >= 4 is 36.8 Å². The SMILES string of the molecule is CC(N)(CC(=O)c1ccccc1S)C(=O)c1ccccc1S. The fourth-order valence-corrected chi connectivity index (χ4v) is 2.74. The molecule has 0 radical (unpaired) electrons. The van der Waals surface area contributed by atoms with E-state index in [4.69, 9.17) is 5.73 Å². The van der Waals surface area contributed by atoms with Crippen LogP contribution in [0.1, 0.15) is 34.1 Å². The molecule has 1 atom stereocenters. The zero-order valence-corrected chi connectivity index (χ0v) is 13.9. The number of ketones is 2. The number of benzene rings is 2. The molecule has 0 aliphatic carbocycles. The summed E-state index contributed by atoms with van der Waals surface area (Å²) in [4.78, 5) is 26.1. The van der Waals surface area contributed by atoms with E-state index in [1.54, 1.807) is 55.5 Å². The molecule has 0 bridgehead atoms. The van der Waals surface area contributed by atoms with Crippen LogP contribution in [0, 0.1) is 0 Å². The number of hydrogen-bond acceptors (Lipinski definition) is 5. The van der Waals surface area contributed by atoms with Gasteiger partial charge in [0.05, 0.1) is 5.54 Å². The van der Waals surface area contributed by atoms with Crippen LogP contribution in [-0.4, -0.2) is 17.1 Å². The molecule has 0 aliphatic heterocycles. The van der Waals surface area contributed by atoms with Gasteiger partial charge in [-0.2, -0.15) is 0 Å². The molecule has 0 amide bonds. The van der Waals surface area contributed by atoms with Crippen LogP contribution >= 0.6 is 25.3 Å². The van der Waals surface area contributed by atoms with Gasteiger partial charge in [-0.15, -0.1) is 25.3 Å². The molecule has 2 aromatic carbocycles. The third kappa shape index (κ3) is 3.61. The highest BCUT2D eigenvalue weighted by atomic mass is 32.1. The van der Waals surface area contributed by atoms with E-state index in [0.29, 0.717) is 20.9 Å². The number of nitrogens with two attached hydrogens (primary N) is 1. The van der Waals surface area contributed by atoms with E-state index in [9.17, 15) is 9.59 Å². The molecule has 5 heteroatoms. The van der Waals surface area contributed by atoms with Crippen molar-refractivity contribution in [2.45, 2.75) is 28.7 Å². The predicted octanol–water partition coefficient (Wildman–Crippen LogP) is 3.44. The van der Waals surface area contributed by atoms with Crippen molar-refractivity contribution in [2.24, 2.45) is 5.73 Å². The van der Waals surface area contributed by atoms with Crippen molar-refractivity contribution in [2.75, 3.05) is 0 Å². The maximum absolute atomic E-state index is 12.6. The number of carbonyl (C=O) groups excluding carboxylic acids is 2. The normalized spacial score (nSPS) is 13.5. The fourth-order valence-electron chi connectivity index (χ4n) is 2.19. The largest absolute Gasteiger partial charge is 0.319 e. The number of carbonyl (C=O) groups is 2. The smallest absolute Gasteiger partial charge is 0.183 e. The van der Waals surface area contributed by atoms with Crippen LogP contribution in [0.15, 0.2) is 58.3 Å². The Morgan fingerprint density at radius 1 is 0.955 bits per heavy atom. The van der Waals surface area contributed by atoms with Crippen LogP contribution in [0.2, 0.25) is 0 Å². The summed E-state index contributed by atoms with van der Waals surface area (Å²) in [6.07, 6.45) is -0.0917. The first-order valence-corrected chi connectivity index (χ1v) is 7.65. The molecule has 0 saturated heterocycles. The molecule has 0 fully saturated rings. The van der Waals surface area contributed by atoms with E-state index in [1.807, 2.05) is 0 Å². The molecule has 0 heterocycles. The van der Waals surface area contributed by atoms with Crippen LogP contribution in [0.25, 0.3) is 0 Å². The van der Waals surface area contributed by atoms with E-state index < -0.39 is 5.54 Å². The van der Waals surface area contributed by atoms with Gasteiger partial charge in [0, 0.05) is 27.3 Å². The Morgan fingerprint density at radius 3 is 1.91 bits per heavy atom. The lowest BCUT2D eigenvalue weighted by molar-refractivity contribution is 0.0831. The van der Waals surface area contributed by atoms with Crippen molar-refractivity contribution in [3.63, 3.8) is 0 Å². The minimum Gasteiger partial charge on any atom is -0.319 e. The lowest BCUT2D eigenvalue weighted by atomic mass is 9.86. The van der Waals surface area contributed by atoms with Gasteiger partial charge in [-0.3, -0.25) is 9.59 Å². The molecule has 2 aromatic rings. The molecule has 2 N–H and O–H groups in total. The van der Waals surface area contributed by atoms with Gasteiger partial charge in [0.25, 0.3) is 0 Å². The van der Waals surface area contributed by atoms with E-state index in [1.165, 1.54) is 0 Å². The Balaban J connectivity index is 2.24. The highest BCUT2D eigenvalue weighted by molar-refractivity contribution is 7.80. The maximum atomic E-state index is 12.6. The zero-order valence-electron chi connectivity index (χ0n) is 12.1. The van der Waals surface area contributed by atoms with Crippen molar-refractivity contribution in [1.29, 1.82) is 0 Å². The number of Topliss-reactive ketones (excluding diaryl/α,β-unsaturated/α-hetero) is 2. The monoisotopic (exact) mass is 331 g/mol. The summed E-state index contributed by atoms with van der Waals surface area (Å²) in [6, 6.07) is 13.9. The Morgan fingerprint density at radius 2 is 1.41 bits per heavy atom. The summed E-state index contributed by atoms with van der Waals surface area (Å²) in [6.45, 7) is 1.56. The molecule has 22 heavy (non-hydrogen) atoms. The molecule has 2 rings (SSSR count). The average Bonchev–Trinajstić information content (AvgIpc) is 2.47. The van der Waals surface area contributed by atoms with Crippen LogP contribution < -0.4 is 5.73 Å². The first kappa shape index (κ1) is 16.8. The summed E-state index contributed by atoms with van der Waals surface area (Å²) in [7, 11) is 0. The molecule has 114 valence electrons. The second-order valence-corrected chi connectivity index (χ2v) is 6.34. The van der Waals surface area contributed by atoms with Crippen molar-refractivity contribution < 1.29 is 9.59 Å². The number of thiol groups is 2. The van der Waals surface area contributed by atoms with Crippen LogP contribution in [-0.2, 0) is 0 Å². The lowest BCUT2D eigenvalue weighted by Gasteiger charge is -2.23. The van der Waals surface area contributed by atoms with Crippen LogP contribution in [0.3, 0.4) is 0 Å². The maximum Gasteiger partial charge on any atom is 0.183 e. The first-order chi connectivity index (χ1) is 10.3. The van der Waals surface area contributed by atoms with Gasteiger partial charge >= 0.3 is 0 Å². The molecule has 0 saturated carbocycles. The Hall–Kier alpha value is -1.56.